The minimum atomic E-state index is -0.263. The van der Waals surface area contributed by atoms with Gasteiger partial charge in [-0.1, -0.05) is 37.1 Å². The zero-order valence-electron chi connectivity index (χ0n) is 12.4. The summed E-state index contributed by atoms with van der Waals surface area (Å²) < 4.78 is 13.9. The molecule has 0 amide bonds. The maximum atomic E-state index is 13.9. The van der Waals surface area contributed by atoms with Crippen LogP contribution in [-0.4, -0.2) is 12.1 Å². The molecule has 0 saturated heterocycles. The number of hydrogen-bond donors (Lipinski definition) is 1. The maximum absolute atomic E-state index is 13.9. The van der Waals surface area contributed by atoms with Crippen LogP contribution in [0.25, 0.3) is 0 Å². The molecule has 3 heteroatoms. The molecule has 0 radical (unpaired) electrons. The molecule has 1 unspecified atom stereocenters. The van der Waals surface area contributed by atoms with E-state index in [0.717, 1.165) is 31.4 Å². The van der Waals surface area contributed by atoms with Crippen molar-refractivity contribution in [2.75, 3.05) is 6.54 Å². The van der Waals surface area contributed by atoms with Crippen molar-refractivity contribution < 1.29 is 4.39 Å². The van der Waals surface area contributed by atoms with E-state index in [2.05, 4.69) is 33.0 Å². The summed E-state index contributed by atoms with van der Waals surface area (Å²) in [5.74, 6) is 0.179. The van der Waals surface area contributed by atoms with Gasteiger partial charge in [0.15, 0.2) is 0 Å². The highest BCUT2D eigenvalue weighted by Gasteiger charge is 2.16. The lowest BCUT2D eigenvalue weighted by molar-refractivity contribution is 0.352. The quantitative estimate of drug-likeness (QED) is 0.790. The van der Waals surface area contributed by atoms with Gasteiger partial charge in [-0.3, -0.25) is 0 Å². The molecule has 0 spiro atoms. The first-order valence-corrected chi connectivity index (χ1v) is 7.39. The molecule has 0 aliphatic carbocycles. The molecular formula is C16H25ClFN. The van der Waals surface area contributed by atoms with Crippen LogP contribution in [-0.2, 0) is 6.42 Å². The van der Waals surface area contributed by atoms with E-state index in [9.17, 15) is 4.39 Å². The molecule has 0 aliphatic heterocycles. The Labute approximate surface area is 121 Å². The first-order chi connectivity index (χ1) is 8.83. The Morgan fingerprint density at radius 2 is 2.00 bits per heavy atom. The second-order valence-corrected chi connectivity index (χ2v) is 6.61. The van der Waals surface area contributed by atoms with Gasteiger partial charge in [0.05, 0.1) is 5.02 Å². The van der Waals surface area contributed by atoms with Crippen molar-refractivity contribution in [2.24, 2.45) is 5.92 Å². The number of hydrogen-bond acceptors (Lipinski definition) is 1. The Morgan fingerprint density at radius 1 is 1.32 bits per heavy atom. The average Bonchev–Trinajstić information content (AvgIpc) is 2.31. The molecule has 1 rings (SSSR count). The van der Waals surface area contributed by atoms with Gasteiger partial charge in [-0.15, -0.1) is 0 Å². The normalized spacial score (nSPS) is 13.6. The topological polar surface area (TPSA) is 12.0 Å². The van der Waals surface area contributed by atoms with E-state index in [1.165, 1.54) is 0 Å². The second kappa shape index (κ2) is 7.25. The van der Waals surface area contributed by atoms with Crippen LogP contribution in [0.4, 0.5) is 4.39 Å². The van der Waals surface area contributed by atoms with E-state index in [4.69, 9.17) is 11.6 Å². The molecule has 1 N–H and O–H groups in total. The summed E-state index contributed by atoms with van der Waals surface area (Å²) in [4.78, 5) is 0. The lowest BCUT2D eigenvalue weighted by Gasteiger charge is -2.25. The fourth-order valence-electron chi connectivity index (χ4n) is 2.15. The van der Waals surface area contributed by atoms with Crippen LogP contribution in [0.15, 0.2) is 18.2 Å². The second-order valence-electron chi connectivity index (χ2n) is 6.20. The zero-order chi connectivity index (χ0) is 14.5. The number of nitrogens with one attached hydrogen (secondary N) is 1. The van der Waals surface area contributed by atoms with Crippen molar-refractivity contribution in [1.82, 2.24) is 5.32 Å². The minimum absolute atomic E-state index is 0.0961. The van der Waals surface area contributed by atoms with Crippen LogP contribution < -0.4 is 5.32 Å². The van der Waals surface area contributed by atoms with Crippen LogP contribution in [0.3, 0.4) is 0 Å². The van der Waals surface area contributed by atoms with Gasteiger partial charge in [-0.05, 0) is 57.7 Å². The lowest BCUT2D eigenvalue weighted by Crippen LogP contribution is -2.39. The molecule has 0 heterocycles. The molecule has 1 aromatic carbocycles. The average molecular weight is 286 g/mol. The highest BCUT2D eigenvalue weighted by molar-refractivity contribution is 6.30. The van der Waals surface area contributed by atoms with Crippen LogP contribution in [0, 0.1) is 11.7 Å². The highest BCUT2D eigenvalue weighted by atomic mass is 35.5. The van der Waals surface area contributed by atoms with E-state index in [1.54, 1.807) is 6.07 Å². The van der Waals surface area contributed by atoms with Gasteiger partial charge in [0, 0.05) is 5.54 Å². The third kappa shape index (κ3) is 5.92. The smallest absolute Gasteiger partial charge is 0.144 e. The molecule has 0 aliphatic rings. The van der Waals surface area contributed by atoms with E-state index in [0.29, 0.717) is 5.92 Å². The molecule has 0 saturated carbocycles. The van der Waals surface area contributed by atoms with E-state index in [-0.39, 0.29) is 16.4 Å². The maximum Gasteiger partial charge on any atom is 0.144 e. The van der Waals surface area contributed by atoms with Gasteiger partial charge in [-0.25, -0.2) is 4.39 Å². The summed E-state index contributed by atoms with van der Waals surface area (Å²) >= 11 is 5.83. The standard InChI is InChI=1S/C16H25ClFN/c1-5-7-12(11-19-16(2,3)4)10-13-8-6-9-14(17)15(13)18/h6,8-9,12,19H,5,7,10-11H2,1-4H3. The molecule has 0 bridgehead atoms. The van der Waals surface area contributed by atoms with E-state index in [1.807, 2.05) is 12.1 Å². The number of rotatable bonds is 6. The van der Waals surface area contributed by atoms with Gasteiger partial charge in [-0.2, -0.15) is 0 Å². The minimum Gasteiger partial charge on any atom is -0.312 e. The van der Waals surface area contributed by atoms with Crippen molar-refractivity contribution in [3.63, 3.8) is 0 Å². The lowest BCUT2D eigenvalue weighted by atomic mass is 9.93. The van der Waals surface area contributed by atoms with Gasteiger partial charge in [0.1, 0.15) is 5.82 Å². The van der Waals surface area contributed by atoms with Crippen molar-refractivity contribution in [1.29, 1.82) is 0 Å². The highest BCUT2D eigenvalue weighted by Crippen LogP contribution is 2.22. The summed E-state index contributed by atoms with van der Waals surface area (Å²) in [7, 11) is 0. The predicted molar refractivity (Wildman–Crippen MR) is 81.3 cm³/mol. The van der Waals surface area contributed by atoms with Crippen LogP contribution in [0.2, 0.25) is 5.02 Å². The predicted octanol–water partition coefficient (Wildman–Crippen LogP) is 4.83. The van der Waals surface area contributed by atoms with Crippen molar-refractivity contribution in [3.8, 4) is 0 Å². The number of halogens is 2. The van der Waals surface area contributed by atoms with Crippen molar-refractivity contribution in [3.05, 3.63) is 34.6 Å². The number of benzene rings is 1. The monoisotopic (exact) mass is 285 g/mol. The van der Waals surface area contributed by atoms with Crippen LogP contribution in [0.1, 0.15) is 46.1 Å². The molecular weight excluding hydrogens is 261 g/mol. The SMILES string of the molecule is CCCC(CNC(C)(C)C)Cc1cccc(Cl)c1F. The Bertz CT molecular complexity index is 398. The molecule has 19 heavy (non-hydrogen) atoms. The molecule has 108 valence electrons. The Balaban J connectivity index is 2.70. The first-order valence-electron chi connectivity index (χ1n) is 7.01. The summed E-state index contributed by atoms with van der Waals surface area (Å²) in [6, 6.07) is 5.25. The van der Waals surface area contributed by atoms with Gasteiger partial charge < -0.3 is 5.32 Å². The summed E-state index contributed by atoms with van der Waals surface area (Å²) in [6.45, 7) is 9.52. The summed E-state index contributed by atoms with van der Waals surface area (Å²) in [6.07, 6.45) is 2.94. The van der Waals surface area contributed by atoms with Gasteiger partial charge in [0.2, 0.25) is 0 Å². The fourth-order valence-corrected chi connectivity index (χ4v) is 2.35. The van der Waals surface area contributed by atoms with Crippen molar-refractivity contribution in [2.45, 2.75) is 52.5 Å². The van der Waals surface area contributed by atoms with E-state index >= 15 is 0 Å². The van der Waals surface area contributed by atoms with Crippen molar-refractivity contribution >= 4 is 11.6 Å². The van der Waals surface area contributed by atoms with Gasteiger partial charge in [0.25, 0.3) is 0 Å². The first kappa shape index (κ1) is 16.5. The zero-order valence-corrected chi connectivity index (χ0v) is 13.1. The molecule has 1 aromatic rings. The molecule has 0 aromatic heterocycles. The molecule has 0 fully saturated rings. The fraction of sp³-hybridized carbons (Fsp3) is 0.625. The largest absolute Gasteiger partial charge is 0.312 e. The van der Waals surface area contributed by atoms with Crippen LogP contribution in [0.5, 0.6) is 0 Å². The third-order valence-corrected chi connectivity index (χ3v) is 3.45. The Morgan fingerprint density at radius 3 is 2.58 bits per heavy atom. The Kier molecular flexibility index (Phi) is 6.28. The molecule has 1 nitrogen and oxygen atoms in total. The summed E-state index contributed by atoms with van der Waals surface area (Å²) in [5.41, 5.74) is 0.820. The Hall–Kier alpha value is -0.600. The summed E-state index contributed by atoms with van der Waals surface area (Å²) in [5, 5.41) is 3.72. The van der Waals surface area contributed by atoms with Gasteiger partial charge >= 0.3 is 0 Å². The third-order valence-electron chi connectivity index (χ3n) is 3.16. The van der Waals surface area contributed by atoms with Crippen LogP contribution >= 0.6 is 11.6 Å². The molecule has 1 atom stereocenters. The van der Waals surface area contributed by atoms with E-state index < -0.39 is 0 Å².